The van der Waals surface area contributed by atoms with E-state index in [1.54, 1.807) is 12.4 Å². The van der Waals surface area contributed by atoms with Crippen molar-refractivity contribution >= 4 is 37.9 Å². The lowest BCUT2D eigenvalue weighted by atomic mass is 10.8. The normalized spacial score (nSPS) is 30.3. The Kier molecular flexibility index (Phi) is 1.67. The van der Waals surface area contributed by atoms with E-state index in [1.807, 2.05) is 0 Å². The Labute approximate surface area is 69.8 Å². The van der Waals surface area contributed by atoms with E-state index in [2.05, 4.69) is 0 Å². The van der Waals surface area contributed by atoms with Crippen molar-refractivity contribution in [1.29, 1.82) is 5.41 Å². The fourth-order valence-corrected chi connectivity index (χ4v) is 0.972. The molecule has 1 rings (SSSR count). The zero-order valence-corrected chi connectivity index (χ0v) is 6.65. The predicted molar refractivity (Wildman–Crippen MR) is 42.4 cm³/mol. The van der Waals surface area contributed by atoms with Crippen molar-refractivity contribution in [3.8, 4) is 0 Å². The average Bonchev–Trinajstić information content (AvgIpc) is 2.13. The van der Waals surface area contributed by atoms with Gasteiger partial charge in [0.2, 0.25) is 6.20 Å². The van der Waals surface area contributed by atoms with Gasteiger partial charge >= 0.3 is 6.34 Å². The molecule has 1 heterocycles. The molecule has 54 valence electrons. The predicted octanol–water partition coefficient (Wildman–Crippen LogP) is -0.854. The molecule has 1 atom stereocenters. The zero-order valence-electron chi connectivity index (χ0n) is 5.02. The van der Waals surface area contributed by atoms with E-state index in [4.69, 9.17) is 36.8 Å². The van der Waals surface area contributed by atoms with Crippen molar-refractivity contribution in [3.63, 3.8) is 0 Å². The van der Waals surface area contributed by atoms with Gasteiger partial charge in [-0.05, 0) is 0 Å². The van der Waals surface area contributed by atoms with Crippen molar-refractivity contribution in [2.45, 2.75) is 0 Å². The van der Waals surface area contributed by atoms with Gasteiger partial charge in [0.15, 0.2) is 6.20 Å². The molecule has 1 aliphatic heterocycles. The summed E-state index contributed by atoms with van der Waals surface area (Å²) in [6.07, 6.45) is 4.63. The van der Waals surface area contributed by atoms with Crippen LogP contribution in [0.3, 0.4) is 0 Å². The van der Waals surface area contributed by atoms with Gasteiger partial charge in [0, 0.05) is 0 Å². The monoisotopic (exact) mass is 174 g/mol. The Balaban J connectivity index is 2.95. The van der Waals surface area contributed by atoms with E-state index in [0.29, 0.717) is 0 Å². The summed E-state index contributed by atoms with van der Waals surface area (Å²) < 4.78 is 1.11. The lowest BCUT2D eigenvalue weighted by Crippen LogP contribution is -2.45. The van der Waals surface area contributed by atoms with Crippen LogP contribution in [0, 0.1) is 5.41 Å². The Morgan fingerprint density at radius 1 is 1.70 bits per heavy atom. The second-order valence-electron chi connectivity index (χ2n) is 1.87. The topological polar surface area (TPSA) is 52.9 Å². The summed E-state index contributed by atoms with van der Waals surface area (Å²) in [6.45, 7) is 0. The quantitative estimate of drug-likeness (QED) is 0.165. The van der Waals surface area contributed by atoms with Crippen LogP contribution < -0.4 is 5.73 Å². The van der Waals surface area contributed by atoms with Gasteiger partial charge in [-0.25, -0.2) is 5.41 Å². The van der Waals surface area contributed by atoms with Gasteiger partial charge < -0.3 is 31.4 Å². The smallest absolute Gasteiger partial charge is 0.311 e. The average molecular weight is 174 g/mol. The molecule has 6 heteroatoms. The van der Waals surface area contributed by atoms with Crippen molar-refractivity contribution in [1.82, 2.24) is 0 Å². The minimum absolute atomic E-state index is 0.126. The van der Waals surface area contributed by atoms with E-state index in [1.165, 1.54) is 10.3 Å². The molecule has 0 amide bonds. The molecule has 1 unspecified atom stereocenters. The molecule has 3 N–H and O–H groups in total. The third kappa shape index (κ3) is 1.13. The van der Waals surface area contributed by atoms with Crippen LogP contribution in [0.15, 0.2) is 12.4 Å². The molecule has 10 heavy (non-hydrogen) atoms. The number of quaternary nitrogens is 1. The first kappa shape index (κ1) is 7.52. The number of rotatable bonds is 0. The van der Waals surface area contributed by atoms with Crippen LogP contribution in [0.1, 0.15) is 0 Å². The lowest BCUT2D eigenvalue weighted by Gasteiger charge is -2.25. The molecular weight excluding hydrogens is 168 g/mol. The third-order valence-electron chi connectivity index (χ3n) is 1.10. The van der Waals surface area contributed by atoms with Crippen molar-refractivity contribution in [2.24, 2.45) is 5.73 Å². The first-order chi connectivity index (χ1) is 4.54. The Morgan fingerprint density at radius 3 is 2.50 bits per heavy atom. The number of hydrogen-bond acceptors (Lipinski definition) is 3. The molecule has 0 saturated carbocycles. The summed E-state index contributed by atoms with van der Waals surface area (Å²) in [6, 6.07) is 0. The highest BCUT2D eigenvalue weighted by molar-refractivity contribution is 7.53. The highest BCUT2D eigenvalue weighted by atomic mass is 32.1. The van der Waals surface area contributed by atoms with E-state index in [-0.39, 0.29) is 9.85 Å². The molecular formula is C4H6N4S2. The summed E-state index contributed by atoms with van der Waals surface area (Å²) in [5, 5.41) is 7.07. The van der Waals surface area contributed by atoms with Gasteiger partial charge in [0.25, 0.3) is 5.96 Å². The van der Waals surface area contributed by atoms with Crippen LogP contribution in [0.25, 0.3) is 0 Å². The van der Waals surface area contributed by atoms with Crippen LogP contribution in [-0.2, 0) is 25.6 Å². The van der Waals surface area contributed by atoms with Crippen LogP contribution >= 0.6 is 0 Å². The molecule has 0 aromatic carbocycles. The molecule has 0 saturated heterocycles. The summed E-state index contributed by atoms with van der Waals surface area (Å²) in [5.74, 6) is -0.126. The van der Waals surface area contributed by atoms with Gasteiger partial charge in [-0.2, -0.15) is 0 Å². The first-order valence-electron chi connectivity index (χ1n) is 2.49. The second-order valence-corrected chi connectivity index (χ2v) is 2.89. The highest BCUT2D eigenvalue weighted by Gasteiger charge is 2.21. The van der Waals surface area contributed by atoms with Crippen molar-refractivity contribution < 1.29 is 7.87 Å². The van der Waals surface area contributed by atoms with Crippen molar-refractivity contribution in [3.05, 3.63) is 12.4 Å². The number of nitrogens with two attached hydrogens (primary N) is 1. The highest BCUT2D eigenvalue weighted by Crippen LogP contribution is 2.05. The fraction of sp³-hybridized carbons (Fsp3) is 0. The summed E-state index contributed by atoms with van der Waals surface area (Å²) in [4.78, 5) is 0. The van der Waals surface area contributed by atoms with Crippen LogP contribution in [0.2, 0.25) is 0 Å². The molecule has 0 spiro atoms. The van der Waals surface area contributed by atoms with Gasteiger partial charge in [-0.1, -0.05) is 0 Å². The van der Waals surface area contributed by atoms with Crippen LogP contribution in [-0.4, -0.2) is 20.2 Å². The summed E-state index contributed by atoms with van der Waals surface area (Å²) >= 11 is 9.63. The third-order valence-corrected chi connectivity index (χ3v) is 1.73. The standard InChI is InChI=1S/C4H6N4S2/c5-4(6)8(10)2-1-7(9)3-8/h1-3H,(H3,5,6). The second kappa shape index (κ2) is 2.22. The largest absolute Gasteiger partial charge is 0.467 e. The van der Waals surface area contributed by atoms with Gasteiger partial charge in [0.05, 0.1) is 0 Å². The molecule has 0 aromatic rings. The van der Waals surface area contributed by atoms with Crippen LogP contribution in [0.4, 0.5) is 0 Å². The maximum absolute atomic E-state index is 7.07. The van der Waals surface area contributed by atoms with Gasteiger partial charge in [-0.15, -0.1) is 0 Å². The van der Waals surface area contributed by atoms with Gasteiger partial charge in [0.1, 0.15) is 0 Å². The van der Waals surface area contributed by atoms with Crippen molar-refractivity contribution in [2.75, 3.05) is 0 Å². The Hall–Kier alpha value is -0.590. The van der Waals surface area contributed by atoms with E-state index < -0.39 is 0 Å². The SMILES string of the molecule is N=C(N)[N+]1([S-])C=C[N+]([S-])=C1. The van der Waals surface area contributed by atoms with E-state index >= 15 is 0 Å². The summed E-state index contributed by atoms with van der Waals surface area (Å²) in [7, 11) is 0. The molecule has 0 radical (unpaired) electrons. The summed E-state index contributed by atoms with van der Waals surface area (Å²) in [5.41, 5.74) is 5.19. The Morgan fingerprint density at radius 2 is 2.30 bits per heavy atom. The fourth-order valence-electron chi connectivity index (χ4n) is 0.553. The molecule has 0 aromatic heterocycles. The number of guanidine groups is 1. The maximum Gasteiger partial charge on any atom is 0.311 e. The molecule has 0 aliphatic carbocycles. The molecule has 4 nitrogen and oxygen atoms in total. The minimum Gasteiger partial charge on any atom is -0.467 e. The lowest BCUT2D eigenvalue weighted by molar-refractivity contribution is -0.526. The number of nitrogens with zero attached hydrogens (tertiary/aromatic N) is 2. The molecule has 0 bridgehead atoms. The number of hydrogen-bond donors (Lipinski definition) is 2. The Bertz CT molecular complexity index is 233. The van der Waals surface area contributed by atoms with Crippen LogP contribution in [0.5, 0.6) is 0 Å². The van der Waals surface area contributed by atoms with E-state index in [0.717, 1.165) is 0 Å². The molecule has 1 aliphatic rings. The molecule has 0 fully saturated rings. The van der Waals surface area contributed by atoms with Gasteiger partial charge in [-0.3, -0.25) is 7.87 Å². The zero-order chi connectivity index (χ0) is 7.78. The minimum atomic E-state index is -0.247. The first-order valence-corrected chi connectivity index (χ1v) is 3.22. The number of nitrogens with one attached hydrogen (secondary N) is 1. The maximum atomic E-state index is 7.07. The van der Waals surface area contributed by atoms with E-state index in [9.17, 15) is 0 Å².